The van der Waals surface area contributed by atoms with Crippen molar-refractivity contribution in [2.45, 2.75) is 27.0 Å². The fourth-order valence-electron chi connectivity index (χ4n) is 3.90. The molecular weight excluding hydrogens is 502 g/mol. The van der Waals surface area contributed by atoms with Crippen molar-refractivity contribution in [1.29, 1.82) is 0 Å². The lowest BCUT2D eigenvalue weighted by atomic mass is 10.1. The number of halogens is 2. The van der Waals surface area contributed by atoms with Crippen molar-refractivity contribution >= 4 is 34.9 Å². The number of carbonyl (C=O) groups excluding carboxylic acids is 3. The van der Waals surface area contributed by atoms with Crippen molar-refractivity contribution in [2.24, 2.45) is 0 Å². The third-order valence-corrected chi connectivity index (χ3v) is 6.59. The Balaban J connectivity index is 1.35. The van der Waals surface area contributed by atoms with Crippen LogP contribution in [-0.4, -0.2) is 51.4 Å². The molecule has 0 radical (unpaired) electrons. The van der Waals surface area contributed by atoms with Crippen LogP contribution in [0, 0.1) is 13.8 Å². The summed E-state index contributed by atoms with van der Waals surface area (Å²) in [5, 5.41) is 6.80. The van der Waals surface area contributed by atoms with Crippen LogP contribution in [-0.2, 0) is 11.3 Å². The van der Waals surface area contributed by atoms with Gasteiger partial charge >= 0.3 is 6.61 Å². The number of nitrogens with zero attached hydrogens (tertiary/aromatic N) is 3. The summed E-state index contributed by atoms with van der Waals surface area (Å²) in [6.07, 6.45) is 1.50. The molecule has 11 heteroatoms. The minimum absolute atomic E-state index is 0.00512. The first-order valence-corrected chi connectivity index (χ1v) is 12.2. The minimum atomic E-state index is -2.93. The van der Waals surface area contributed by atoms with Crippen LogP contribution in [0.25, 0.3) is 6.08 Å². The van der Waals surface area contributed by atoms with Crippen molar-refractivity contribution in [1.82, 2.24) is 20.0 Å². The van der Waals surface area contributed by atoms with Crippen LogP contribution in [0.15, 0.2) is 59.5 Å². The average Bonchev–Trinajstić information content (AvgIpc) is 3.29. The van der Waals surface area contributed by atoms with Gasteiger partial charge in [0.15, 0.2) is 0 Å². The lowest BCUT2D eigenvalue weighted by Crippen LogP contribution is -2.37. The average molecular weight is 527 g/mol. The standard InChI is InChI=1S/C26H24F2N4O4S/c1-16-22(17(2)32(30-16)15-19-6-4-3-5-7-19)23(33)29-12-13-31-24(34)21(37-26(31)35)14-18-8-10-20(11-9-18)36-25(27)28/h3-11,14,25H,12-13,15H2,1-2H3,(H,29,33). The smallest absolute Gasteiger partial charge is 0.387 e. The molecule has 0 spiro atoms. The second-order valence-electron chi connectivity index (χ2n) is 8.23. The van der Waals surface area contributed by atoms with Gasteiger partial charge in [-0.15, -0.1) is 0 Å². The molecule has 1 aliphatic heterocycles. The number of thioether (sulfide) groups is 1. The van der Waals surface area contributed by atoms with Gasteiger partial charge in [0.1, 0.15) is 5.75 Å². The maximum Gasteiger partial charge on any atom is 0.387 e. The molecule has 4 rings (SSSR count). The van der Waals surface area contributed by atoms with Crippen molar-refractivity contribution < 1.29 is 27.9 Å². The molecule has 37 heavy (non-hydrogen) atoms. The van der Waals surface area contributed by atoms with E-state index in [0.717, 1.165) is 27.9 Å². The fourth-order valence-corrected chi connectivity index (χ4v) is 4.76. The molecule has 2 aromatic carbocycles. The van der Waals surface area contributed by atoms with Gasteiger partial charge in [0, 0.05) is 18.8 Å². The fraction of sp³-hybridized carbons (Fsp3) is 0.231. The van der Waals surface area contributed by atoms with Gasteiger partial charge in [-0.3, -0.25) is 24.0 Å². The van der Waals surface area contributed by atoms with Gasteiger partial charge in [-0.05, 0) is 54.9 Å². The molecule has 0 saturated carbocycles. The van der Waals surface area contributed by atoms with Gasteiger partial charge in [-0.2, -0.15) is 13.9 Å². The number of carbonyl (C=O) groups is 3. The summed E-state index contributed by atoms with van der Waals surface area (Å²) in [6.45, 7) is 1.27. The van der Waals surface area contributed by atoms with Gasteiger partial charge in [0.25, 0.3) is 17.1 Å². The lowest BCUT2D eigenvalue weighted by Gasteiger charge is -2.13. The van der Waals surface area contributed by atoms with E-state index >= 15 is 0 Å². The third-order valence-electron chi connectivity index (χ3n) is 5.68. The number of ether oxygens (including phenoxy) is 1. The second-order valence-corrected chi connectivity index (χ2v) is 9.22. The molecule has 0 aliphatic carbocycles. The van der Waals surface area contributed by atoms with E-state index in [0.29, 0.717) is 23.4 Å². The van der Waals surface area contributed by atoms with Crippen LogP contribution >= 0.6 is 11.8 Å². The normalized spacial score (nSPS) is 14.6. The summed E-state index contributed by atoms with van der Waals surface area (Å²) in [4.78, 5) is 39.2. The predicted octanol–water partition coefficient (Wildman–Crippen LogP) is 4.62. The van der Waals surface area contributed by atoms with E-state index in [4.69, 9.17) is 0 Å². The highest BCUT2D eigenvalue weighted by atomic mass is 32.2. The molecule has 0 atom stereocenters. The van der Waals surface area contributed by atoms with Crippen LogP contribution in [0.4, 0.5) is 13.6 Å². The van der Waals surface area contributed by atoms with Crippen LogP contribution in [0.1, 0.15) is 32.9 Å². The summed E-state index contributed by atoms with van der Waals surface area (Å²) in [5.74, 6) is -0.824. The Bertz CT molecular complexity index is 1340. The Morgan fingerprint density at radius 1 is 1.11 bits per heavy atom. The number of hydrogen-bond acceptors (Lipinski definition) is 6. The van der Waals surface area contributed by atoms with Gasteiger partial charge < -0.3 is 10.1 Å². The molecule has 3 amide bonds. The van der Waals surface area contributed by atoms with E-state index in [1.54, 1.807) is 11.6 Å². The Morgan fingerprint density at radius 2 is 1.81 bits per heavy atom. The van der Waals surface area contributed by atoms with E-state index in [1.807, 2.05) is 37.3 Å². The topological polar surface area (TPSA) is 93.5 Å². The molecule has 1 saturated heterocycles. The summed E-state index contributed by atoms with van der Waals surface area (Å²) in [5.41, 5.74) is 3.39. The van der Waals surface area contributed by atoms with Crippen molar-refractivity contribution in [2.75, 3.05) is 13.1 Å². The number of benzene rings is 2. The zero-order valence-electron chi connectivity index (χ0n) is 20.1. The number of imide groups is 1. The molecule has 1 aromatic heterocycles. The van der Waals surface area contributed by atoms with E-state index in [-0.39, 0.29) is 29.7 Å². The zero-order chi connectivity index (χ0) is 26.5. The van der Waals surface area contributed by atoms with Crippen LogP contribution < -0.4 is 10.1 Å². The molecule has 1 aliphatic rings. The highest BCUT2D eigenvalue weighted by Crippen LogP contribution is 2.32. The number of amides is 3. The Hall–Kier alpha value is -3.99. The molecule has 1 N–H and O–H groups in total. The maximum absolute atomic E-state index is 12.9. The summed E-state index contributed by atoms with van der Waals surface area (Å²) in [6, 6.07) is 15.5. The molecule has 0 unspecified atom stereocenters. The first kappa shape index (κ1) is 26.1. The Morgan fingerprint density at radius 3 is 2.49 bits per heavy atom. The molecule has 2 heterocycles. The largest absolute Gasteiger partial charge is 0.435 e. The van der Waals surface area contributed by atoms with Crippen molar-refractivity contribution in [3.8, 4) is 5.75 Å². The van der Waals surface area contributed by atoms with Gasteiger partial charge in [-0.25, -0.2) is 0 Å². The van der Waals surface area contributed by atoms with Crippen LogP contribution in [0.5, 0.6) is 5.75 Å². The van der Waals surface area contributed by atoms with Gasteiger partial charge in [0.2, 0.25) is 0 Å². The Labute approximate surface area is 216 Å². The number of hydrogen-bond donors (Lipinski definition) is 1. The maximum atomic E-state index is 12.9. The second kappa shape index (κ2) is 11.4. The summed E-state index contributed by atoms with van der Waals surface area (Å²) >= 11 is 0.777. The first-order valence-electron chi connectivity index (χ1n) is 11.4. The third kappa shape index (κ3) is 6.23. The number of aryl methyl sites for hydroxylation is 1. The number of alkyl halides is 2. The highest BCUT2D eigenvalue weighted by Gasteiger charge is 2.34. The monoisotopic (exact) mass is 526 g/mol. The zero-order valence-corrected chi connectivity index (χ0v) is 20.9. The highest BCUT2D eigenvalue weighted by molar-refractivity contribution is 8.18. The van der Waals surface area contributed by atoms with Gasteiger partial charge in [-0.1, -0.05) is 42.5 Å². The van der Waals surface area contributed by atoms with Crippen molar-refractivity contribution in [3.63, 3.8) is 0 Å². The number of rotatable bonds is 9. The van der Waals surface area contributed by atoms with Gasteiger partial charge in [0.05, 0.1) is 22.7 Å². The molecule has 3 aromatic rings. The van der Waals surface area contributed by atoms with Crippen molar-refractivity contribution in [3.05, 3.63) is 87.6 Å². The molecule has 0 bridgehead atoms. The molecule has 8 nitrogen and oxygen atoms in total. The predicted molar refractivity (Wildman–Crippen MR) is 135 cm³/mol. The van der Waals surface area contributed by atoms with E-state index in [1.165, 1.54) is 30.3 Å². The molecule has 192 valence electrons. The Kier molecular flexibility index (Phi) is 8.02. The summed E-state index contributed by atoms with van der Waals surface area (Å²) < 4.78 is 30.7. The van der Waals surface area contributed by atoms with E-state index in [9.17, 15) is 23.2 Å². The number of aromatic nitrogens is 2. The molecule has 1 fully saturated rings. The molecular formula is C26H24F2N4O4S. The SMILES string of the molecule is Cc1nn(Cc2ccccc2)c(C)c1C(=O)NCCN1C(=O)SC(=Cc2ccc(OC(F)F)cc2)C1=O. The first-order chi connectivity index (χ1) is 17.7. The number of nitrogens with one attached hydrogen (secondary N) is 1. The van der Waals surface area contributed by atoms with E-state index < -0.39 is 17.8 Å². The van der Waals surface area contributed by atoms with Crippen LogP contribution in [0.3, 0.4) is 0 Å². The van der Waals surface area contributed by atoms with E-state index in [2.05, 4.69) is 15.2 Å². The lowest BCUT2D eigenvalue weighted by molar-refractivity contribution is -0.122. The minimum Gasteiger partial charge on any atom is -0.435 e. The van der Waals surface area contributed by atoms with Crippen LogP contribution in [0.2, 0.25) is 0 Å². The summed E-state index contributed by atoms with van der Waals surface area (Å²) in [7, 11) is 0. The quantitative estimate of drug-likeness (QED) is 0.409.